The summed E-state index contributed by atoms with van der Waals surface area (Å²) < 4.78 is 34.9. The molecule has 3 heterocycles. The van der Waals surface area contributed by atoms with E-state index >= 15 is 0 Å². The number of aromatic nitrogens is 3. The molecule has 0 atom stereocenters. The van der Waals surface area contributed by atoms with E-state index in [-0.39, 0.29) is 42.9 Å². The van der Waals surface area contributed by atoms with Crippen LogP contribution in [0.25, 0.3) is 94.0 Å². The van der Waals surface area contributed by atoms with Crippen molar-refractivity contribution in [2.75, 3.05) is 0 Å². The fourth-order valence-electron chi connectivity index (χ4n) is 9.09. The Labute approximate surface area is 405 Å². The third-order valence-corrected chi connectivity index (χ3v) is 12.6. The summed E-state index contributed by atoms with van der Waals surface area (Å²) in [5.74, 6) is 0.840. The number of nitrogens with zero attached hydrogens (tertiary/aromatic N) is 3. The third-order valence-electron chi connectivity index (χ3n) is 12.6. The molecule has 0 aliphatic rings. The number of pyridine rings is 1. The van der Waals surface area contributed by atoms with E-state index in [2.05, 4.69) is 167 Å². The van der Waals surface area contributed by atoms with Crippen LogP contribution in [0.3, 0.4) is 0 Å². The summed E-state index contributed by atoms with van der Waals surface area (Å²) >= 11 is 0. The summed E-state index contributed by atoms with van der Waals surface area (Å²) in [6.07, 6.45) is 1.95. The molecule has 0 bridgehead atoms. The zero-order chi connectivity index (χ0) is 47.5. The molecule has 5 heteroatoms. The number of aryl methyl sites for hydroxylation is 1. The number of furan rings is 1. The standard InChI is InChI=1S/C46H37N2O.C15H16N.Ir/c1-27(2)37-24-33(30-14-7-6-8-15-30)25-38(28(3)4)44(37)48-43-29(5)13-11-20-41(43)47-46(48)36-19-12-18-35-40-23-32-22-21-31-16-9-10-17-34(31)39(32)26-42(40)49-45(35)36;1-15(2,3)13-9-10-14(16-11-13)12-7-5-4-6-8-12;/h6-18,20-28H,1-5H3;4-7,9-11H,1-3H3;/q2*-1;/i5D3;;. The van der Waals surface area contributed by atoms with Crippen molar-refractivity contribution in [2.45, 2.75) is 72.6 Å². The van der Waals surface area contributed by atoms with E-state index in [0.717, 1.165) is 66.3 Å². The quantitative estimate of drug-likeness (QED) is 0.123. The van der Waals surface area contributed by atoms with E-state index in [4.69, 9.17) is 13.5 Å². The van der Waals surface area contributed by atoms with Gasteiger partial charge in [-0.3, -0.25) is 4.98 Å². The minimum absolute atomic E-state index is 0. The van der Waals surface area contributed by atoms with Crippen LogP contribution in [0.5, 0.6) is 0 Å². The number of rotatable bonds is 6. The first-order chi connectivity index (χ1) is 32.7. The van der Waals surface area contributed by atoms with Gasteiger partial charge in [-0.15, -0.1) is 54.1 Å². The van der Waals surface area contributed by atoms with Gasteiger partial charge in [0.15, 0.2) is 0 Å². The third kappa shape index (κ3) is 8.16. The van der Waals surface area contributed by atoms with Crippen molar-refractivity contribution < 1.29 is 28.6 Å². The maximum Gasteiger partial charge on any atom is 0.121 e. The van der Waals surface area contributed by atoms with E-state index in [9.17, 15) is 0 Å². The Bertz CT molecular complexity index is 3610. The van der Waals surface area contributed by atoms with Crippen LogP contribution in [-0.4, -0.2) is 14.5 Å². The molecule has 0 unspecified atom stereocenters. The molecule has 11 rings (SSSR count). The minimum Gasteiger partial charge on any atom is -0.501 e. The molecule has 329 valence electrons. The summed E-state index contributed by atoms with van der Waals surface area (Å²) in [5.41, 5.74) is 12.5. The van der Waals surface area contributed by atoms with Crippen molar-refractivity contribution >= 4 is 54.5 Å². The molecule has 0 spiro atoms. The smallest absolute Gasteiger partial charge is 0.121 e. The van der Waals surface area contributed by atoms with E-state index in [1.807, 2.05) is 54.7 Å². The van der Waals surface area contributed by atoms with Crippen molar-refractivity contribution in [3.05, 3.63) is 198 Å². The van der Waals surface area contributed by atoms with E-state index in [1.165, 1.54) is 16.3 Å². The molecule has 0 aliphatic heterocycles. The van der Waals surface area contributed by atoms with Gasteiger partial charge in [0.2, 0.25) is 0 Å². The monoisotopic (exact) mass is 1040 g/mol. The summed E-state index contributed by atoms with van der Waals surface area (Å²) in [7, 11) is 0. The molecule has 8 aromatic carbocycles. The number of hydrogen-bond donors (Lipinski definition) is 0. The molecule has 0 saturated heterocycles. The average molecular weight is 1040 g/mol. The van der Waals surface area contributed by atoms with Crippen LogP contribution >= 0.6 is 0 Å². The number of hydrogen-bond acceptors (Lipinski definition) is 3. The van der Waals surface area contributed by atoms with Gasteiger partial charge in [-0.05, 0) is 115 Å². The number of benzene rings is 8. The van der Waals surface area contributed by atoms with Gasteiger partial charge in [-0.25, -0.2) is 0 Å². The maximum atomic E-state index is 8.65. The van der Waals surface area contributed by atoms with Crippen LogP contribution < -0.4 is 0 Å². The van der Waals surface area contributed by atoms with Crippen molar-refractivity contribution in [3.63, 3.8) is 0 Å². The Morgan fingerprint density at radius 2 is 1.38 bits per heavy atom. The predicted octanol–water partition coefficient (Wildman–Crippen LogP) is 16.8. The van der Waals surface area contributed by atoms with Gasteiger partial charge in [0.25, 0.3) is 0 Å². The van der Waals surface area contributed by atoms with Crippen LogP contribution in [0.15, 0.2) is 168 Å². The van der Waals surface area contributed by atoms with Crippen LogP contribution in [0.2, 0.25) is 0 Å². The molecule has 0 N–H and O–H groups in total. The molecule has 0 saturated carbocycles. The van der Waals surface area contributed by atoms with Gasteiger partial charge >= 0.3 is 0 Å². The fraction of sp³-hybridized carbons (Fsp3) is 0.180. The summed E-state index contributed by atoms with van der Waals surface area (Å²) in [4.78, 5) is 9.74. The predicted molar refractivity (Wildman–Crippen MR) is 273 cm³/mol. The van der Waals surface area contributed by atoms with E-state index in [1.54, 1.807) is 12.1 Å². The number of imidazole rings is 1. The Hall–Kier alpha value is -6.65. The van der Waals surface area contributed by atoms with Crippen LogP contribution in [0.1, 0.15) is 86.7 Å². The van der Waals surface area contributed by atoms with Gasteiger partial charge < -0.3 is 14.0 Å². The molecular weight excluding hydrogens is 983 g/mol. The van der Waals surface area contributed by atoms with Gasteiger partial charge in [-0.1, -0.05) is 150 Å². The van der Waals surface area contributed by atoms with E-state index < -0.39 is 6.85 Å². The van der Waals surface area contributed by atoms with Crippen LogP contribution in [0.4, 0.5) is 0 Å². The number of fused-ring (bicyclic) bond motifs is 7. The van der Waals surface area contributed by atoms with Gasteiger partial charge in [0.05, 0.1) is 22.4 Å². The van der Waals surface area contributed by atoms with E-state index in [0.29, 0.717) is 28.0 Å². The van der Waals surface area contributed by atoms with Gasteiger partial charge in [0, 0.05) is 41.5 Å². The second-order valence-corrected chi connectivity index (χ2v) is 18.6. The van der Waals surface area contributed by atoms with Gasteiger partial charge in [-0.2, -0.15) is 0 Å². The summed E-state index contributed by atoms with van der Waals surface area (Å²) in [6.45, 7) is 13.0. The maximum absolute atomic E-state index is 8.65. The summed E-state index contributed by atoms with van der Waals surface area (Å²) in [5, 5.41) is 6.59. The normalized spacial score (nSPS) is 12.7. The molecule has 1 radical (unpaired) electrons. The topological polar surface area (TPSA) is 43.9 Å². The first kappa shape index (κ1) is 40.8. The van der Waals surface area contributed by atoms with Crippen LogP contribution in [0, 0.1) is 19.0 Å². The first-order valence-corrected chi connectivity index (χ1v) is 22.5. The zero-order valence-electron chi connectivity index (χ0n) is 41.3. The second kappa shape index (κ2) is 18.0. The van der Waals surface area contributed by atoms with Crippen LogP contribution in [-0.2, 0) is 25.5 Å². The Kier molecular flexibility index (Phi) is 11.1. The van der Waals surface area contributed by atoms with Gasteiger partial charge in [0.1, 0.15) is 5.58 Å². The Balaban J connectivity index is 0.000000296. The average Bonchev–Trinajstić information content (AvgIpc) is 3.91. The Morgan fingerprint density at radius 1 is 0.636 bits per heavy atom. The molecule has 3 aromatic heterocycles. The molecule has 0 fully saturated rings. The van der Waals surface area contributed by atoms with Crippen molar-refractivity contribution in [1.82, 2.24) is 14.5 Å². The van der Waals surface area contributed by atoms with Crippen molar-refractivity contribution in [2.24, 2.45) is 0 Å². The molecule has 4 nitrogen and oxygen atoms in total. The molecular formula is C61H53IrN3O-2. The molecule has 0 amide bonds. The molecule has 66 heavy (non-hydrogen) atoms. The largest absolute Gasteiger partial charge is 0.501 e. The number of para-hydroxylation sites is 1. The Morgan fingerprint density at radius 3 is 2.08 bits per heavy atom. The zero-order valence-corrected chi connectivity index (χ0v) is 40.7. The SMILES string of the molecule is CC(C)(C)c1ccc(-c2[c-]cccc2)nc1.[2H]C([2H])([2H])c1cccc2nc(-c3[c-]ccc4c3oc3cc5c(ccc6ccccc65)cc34)n(-c3c(C(C)C)cc(-c4ccccc4)cc3C(C)C)c12.[Ir]. The summed E-state index contributed by atoms with van der Waals surface area (Å²) in [6, 6.07) is 60.2. The molecule has 0 aliphatic carbocycles. The van der Waals surface area contributed by atoms with Crippen molar-refractivity contribution in [1.29, 1.82) is 0 Å². The minimum atomic E-state index is -2.37. The second-order valence-electron chi connectivity index (χ2n) is 18.6. The fourth-order valence-corrected chi connectivity index (χ4v) is 9.09. The van der Waals surface area contributed by atoms with Crippen molar-refractivity contribution in [3.8, 4) is 39.5 Å². The molecule has 11 aromatic rings. The first-order valence-electron chi connectivity index (χ1n) is 24.0.